The first-order valence-corrected chi connectivity index (χ1v) is 5.38. The van der Waals surface area contributed by atoms with Crippen LogP contribution in [0.5, 0.6) is 0 Å². The number of hydrogen-bond acceptors (Lipinski definition) is 4. The fourth-order valence-corrected chi connectivity index (χ4v) is 1.49. The van der Waals surface area contributed by atoms with Crippen LogP contribution in [-0.2, 0) is 6.42 Å². The van der Waals surface area contributed by atoms with Gasteiger partial charge >= 0.3 is 0 Å². The number of amides is 1. The van der Waals surface area contributed by atoms with Crippen molar-refractivity contribution in [1.29, 1.82) is 0 Å². The quantitative estimate of drug-likeness (QED) is 0.862. The second kappa shape index (κ2) is 5.25. The van der Waals surface area contributed by atoms with Crippen LogP contribution in [0.3, 0.4) is 0 Å². The fourth-order valence-electron chi connectivity index (χ4n) is 1.49. The maximum absolute atomic E-state index is 11.6. The number of carbonyl (C=O) groups is 1. The maximum Gasteiger partial charge on any atom is 0.275 e. The molecule has 1 heterocycles. The zero-order chi connectivity index (χ0) is 12.1. The molecule has 0 aliphatic carbocycles. The van der Waals surface area contributed by atoms with E-state index < -0.39 is 0 Å². The number of rotatable bonds is 4. The van der Waals surface area contributed by atoms with Gasteiger partial charge in [0.25, 0.3) is 5.91 Å². The summed E-state index contributed by atoms with van der Waals surface area (Å²) < 4.78 is 4.47. The average molecular weight is 231 g/mol. The van der Waals surface area contributed by atoms with Crippen molar-refractivity contribution in [1.82, 2.24) is 15.6 Å². The van der Waals surface area contributed by atoms with Gasteiger partial charge in [-0.3, -0.25) is 4.79 Å². The summed E-state index contributed by atoms with van der Waals surface area (Å²) in [5.41, 5.74) is 1.93. The molecule has 2 rings (SSSR count). The van der Waals surface area contributed by atoms with Crippen LogP contribution in [0.1, 0.15) is 21.7 Å². The largest absolute Gasteiger partial charge is 0.350 e. The molecule has 0 spiro atoms. The summed E-state index contributed by atoms with van der Waals surface area (Å²) in [6, 6.07) is 9.96. The van der Waals surface area contributed by atoms with Crippen molar-refractivity contribution in [3.05, 3.63) is 47.3 Å². The van der Waals surface area contributed by atoms with E-state index in [2.05, 4.69) is 20.3 Å². The lowest BCUT2D eigenvalue weighted by Crippen LogP contribution is -2.26. The van der Waals surface area contributed by atoms with E-state index >= 15 is 0 Å². The molecule has 0 bridgehead atoms. The molecule has 0 radical (unpaired) electrons. The molecule has 5 nitrogen and oxygen atoms in total. The zero-order valence-electron chi connectivity index (χ0n) is 9.51. The molecule has 1 aromatic heterocycles. The van der Waals surface area contributed by atoms with Gasteiger partial charge in [-0.15, -0.1) is 0 Å². The summed E-state index contributed by atoms with van der Waals surface area (Å²) >= 11 is 0. The van der Waals surface area contributed by atoms with E-state index in [1.807, 2.05) is 30.3 Å². The van der Waals surface area contributed by atoms with Gasteiger partial charge in [-0.2, -0.15) is 0 Å². The normalized spacial score (nSPS) is 10.2. The zero-order valence-corrected chi connectivity index (χ0v) is 9.51. The van der Waals surface area contributed by atoms with Gasteiger partial charge in [-0.05, 0) is 24.1 Å². The third-order valence-corrected chi connectivity index (χ3v) is 2.41. The van der Waals surface area contributed by atoms with E-state index in [0.717, 1.165) is 6.42 Å². The highest BCUT2D eigenvalue weighted by atomic mass is 16.6. The van der Waals surface area contributed by atoms with Crippen LogP contribution in [0, 0.1) is 6.92 Å². The molecule has 0 aliphatic heterocycles. The predicted molar refractivity (Wildman–Crippen MR) is 61.5 cm³/mol. The molecule has 1 amide bonds. The lowest BCUT2D eigenvalue weighted by atomic mass is 10.1. The number of hydrogen-bond donors (Lipinski definition) is 1. The Kier molecular flexibility index (Phi) is 3.49. The van der Waals surface area contributed by atoms with Gasteiger partial charge in [0.1, 0.15) is 5.69 Å². The van der Waals surface area contributed by atoms with Crippen LogP contribution >= 0.6 is 0 Å². The Morgan fingerprint density at radius 2 is 2.06 bits per heavy atom. The van der Waals surface area contributed by atoms with E-state index in [0.29, 0.717) is 12.2 Å². The number of nitrogens with one attached hydrogen (secondary N) is 1. The minimum absolute atomic E-state index is 0.248. The first-order chi connectivity index (χ1) is 8.27. The molecule has 0 aliphatic rings. The number of carbonyl (C=O) groups excluding carboxylic acids is 1. The van der Waals surface area contributed by atoms with Gasteiger partial charge in [0, 0.05) is 6.54 Å². The molecule has 1 aromatic carbocycles. The Labute approximate surface area is 98.8 Å². The highest BCUT2D eigenvalue weighted by Crippen LogP contribution is 2.01. The van der Waals surface area contributed by atoms with Crippen LogP contribution in [0.15, 0.2) is 35.0 Å². The highest BCUT2D eigenvalue weighted by Gasteiger charge is 2.13. The van der Waals surface area contributed by atoms with Gasteiger partial charge in [0.2, 0.25) is 0 Å². The van der Waals surface area contributed by atoms with Gasteiger partial charge in [-0.1, -0.05) is 35.5 Å². The SMILES string of the molecule is Cc1nonc1C(=O)NCCc1ccccc1. The molecule has 88 valence electrons. The molecule has 17 heavy (non-hydrogen) atoms. The molecule has 0 unspecified atom stereocenters. The summed E-state index contributed by atoms with van der Waals surface area (Å²) in [5, 5.41) is 9.87. The van der Waals surface area contributed by atoms with E-state index in [1.54, 1.807) is 6.92 Å². The van der Waals surface area contributed by atoms with Crippen molar-refractivity contribution >= 4 is 5.91 Å². The lowest BCUT2D eigenvalue weighted by molar-refractivity contribution is 0.0944. The molecule has 2 aromatic rings. The highest BCUT2D eigenvalue weighted by molar-refractivity contribution is 5.92. The molecule has 5 heteroatoms. The van der Waals surface area contributed by atoms with Crippen LogP contribution < -0.4 is 5.32 Å². The number of aryl methyl sites for hydroxylation is 1. The van der Waals surface area contributed by atoms with Crippen molar-refractivity contribution in [3.8, 4) is 0 Å². The van der Waals surface area contributed by atoms with Gasteiger partial charge in [0.15, 0.2) is 5.69 Å². The molecule has 0 atom stereocenters. The Bertz CT molecular complexity index is 493. The number of benzene rings is 1. The predicted octanol–water partition coefficient (Wildman–Crippen LogP) is 1.35. The summed E-state index contributed by atoms with van der Waals surface area (Å²) in [6.45, 7) is 2.25. The second-order valence-electron chi connectivity index (χ2n) is 3.69. The van der Waals surface area contributed by atoms with Crippen LogP contribution in [0.4, 0.5) is 0 Å². The molecular formula is C12H13N3O2. The van der Waals surface area contributed by atoms with E-state index in [-0.39, 0.29) is 11.6 Å². The summed E-state index contributed by atoms with van der Waals surface area (Å²) in [7, 11) is 0. The molecular weight excluding hydrogens is 218 g/mol. The fraction of sp³-hybridized carbons (Fsp3) is 0.250. The van der Waals surface area contributed by atoms with Crippen molar-refractivity contribution in [2.45, 2.75) is 13.3 Å². The van der Waals surface area contributed by atoms with Gasteiger partial charge in [-0.25, -0.2) is 4.63 Å². The molecule has 1 N–H and O–H groups in total. The third kappa shape index (κ3) is 2.90. The van der Waals surface area contributed by atoms with Crippen molar-refractivity contribution in [2.24, 2.45) is 0 Å². The Morgan fingerprint density at radius 3 is 2.71 bits per heavy atom. The minimum atomic E-state index is -0.250. The third-order valence-electron chi connectivity index (χ3n) is 2.41. The van der Waals surface area contributed by atoms with Crippen LogP contribution in [0.2, 0.25) is 0 Å². The molecule has 0 fully saturated rings. The van der Waals surface area contributed by atoms with Crippen LogP contribution in [-0.4, -0.2) is 22.8 Å². The standard InChI is InChI=1S/C12H13N3O2/c1-9-11(15-17-14-9)12(16)13-8-7-10-5-3-2-4-6-10/h2-6H,7-8H2,1H3,(H,13,16). The minimum Gasteiger partial charge on any atom is -0.350 e. The lowest BCUT2D eigenvalue weighted by Gasteiger charge is -2.03. The summed E-state index contributed by atoms with van der Waals surface area (Å²) in [4.78, 5) is 11.6. The van der Waals surface area contributed by atoms with Crippen molar-refractivity contribution < 1.29 is 9.42 Å². The van der Waals surface area contributed by atoms with E-state index in [1.165, 1.54) is 5.56 Å². The van der Waals surface area contributed by atoms with E-state index in [9.17, 15) is 4.79 Å². The van der Waals surface area contributed by atoms with Gasteiger partial charge in [0.05, 0.1) is 0 Å². The van der Waals surface area contributed by atoms with E-state index in [4.69, 9.17) is 0 Å². The van der Waals surface area contributed by atoms with Crippen LogP contribution in [0.25, 0.3) is 0 Å². The Hall–Kier alpha value is -2.17. The number of nitrogens with zero attached hydrogens (tertiary/aromatic N) is 2. The monoisotopic (exact) mass is 231 g/mol. The first-order valence-electron chi connectivity index (χ1n) is 5.38. The molecule has 0 saturated heterocycles. The smallest absolute Gasteiger partial charge is 0.275 e. The Balaban J connectivity index is 1.84. The first kappa shape index (κ1) is 11.3. The Morgan fingerprint density at radius 1 is 1.29 bits per heavy atom. The van der Waals surface area contributed by atoms with Crippen molar-refractivity contribution in [2.75, 3.05) is 6.54 Å². The average Bonchev–Trinajstić information content (AvgIpc) is 2.77. The molecule has 0 saturated carbocycles. The maximum atomic E-state index is 11.6. The number of aromatic nitrogens is 2. The summed E-state index contributed by atoms with van der Waals surface area (Å²) in [6.07, 6.45) is 0.789. The van der Waals surface area contributed by atoms with Gasteiger partial charge < -0.3 is 5.32 Å². The second-order valence-corrected chi connectivity index (χ2v) is 3.69. The summed E-state index contributed by atoms with van der Waals surface area (Å²) in [5.74, 6) is -0.250. The van der Waals surface area contributed by atoms with Crippen molar-refractivity contribution in [3.63, 3.8) is 0 Å². The topological polar surface area (TPSA) is 68.0 Å².